The van der Waals surface area contributed by atoms with Crippen molar-refractivity contribution in [3.8, 4) is 17.1 Å². The molecule has 140 valence electrons. The largest absolute Gasteiger partial charge is 0.491 e. The van der Waals surface area contributed by atoms with Crippen LogP contribution in [0.5, 0.6) is 5.75 Å². The summed E-state index contributed by atoms with van der Waals surface area (Å²) in [6, 6.07) is 12.4. The van der Waals surface area contributed by atoms with E-state index in [4.69, 9.17) is 9.15 Å². The SMILES string of the molecule is CC(=O)NCc1ccc(-c2oc3ccc(OC(C)C)cc3c2C(=O)O)cc1. The fraction of sp³-hybridized carbons (Fsp3) is 0.238. The fourth-order valence-corrected chi connectivity index (χ4v) is 2.84. The highest BCUT2D eigenvalue weighted by Crippen LogP contribution is 2.35. The van der Waals surface area contributed by atoms with Crippen LogP contribution in [0.4, 0.5) is 0 Å². The first kappa shape index (κ1) is 18.5. The van der Waals surface area contributed by atoms with Crippen molar-refractivity contribution < 1.29 is 23.8 Å². The summed E-state index contributed by atoms with van der Waals surface area (Å²) in [5.41, 5.74) is 2.16. The number of nitrogens with one attached hydrogen (secondary N) is 1. The Bertz CT molecular complexity index is 986. The summed E-state index contributed by atoms with van der Waals surface area (Å²) in [5.74, 6) is -0.278. The molecule has 6 nitrogen and oxygen atoms in total. The Morgan fingerprint density at radius 2 is 1.85 bits per heavy atom. The van der Waals surface area contributed by atoms with Crippen LogP contribution >= 0.6 is 0 Å². The van der Waals surface area contributed by atoms with Crippen molar-refractivity contribution in [3.63, 3.8) is 0 Å². The lowest BCUT2D eigenvalue weighted by Gasteiger charge is -2.09. The molecule has 1 amide bonds. The number of benzene rings is 2. The minimum atomic E-state index is -1.06. The lowest BCUT2D eigenvalue weighted by Crippen LogP contribution is -2.18. The average molecular weight is 367 g/mol. The number of rotatable bonds is 6. The molecular formula is C21H21NO5. The molecule has 6 heteroatoms. The molecule has 0 fully saturated rings. The van der Waals surface area contributed by atoms with Crippen molar-refractivity contribution >= 4 is 22.8 Å². The summed E-state index contributed by atoms with van der Waals surface area (Å²) < 4.78 is 11.5. The standard InChI is InChI=1S/C21H21NO5/c1-12(2)26-16-8-9-18-17(10-16)19(21(24)25)20(27-18)15-6-4-14(5-7-15)11-22-13(3)23/h4-10,12H,11H2,1-3H3,(H,22,23)(H,24,25). The highest BCUT2D eigenvalue weighted by Gasteiger charge is 2.22. The number of amides is 1. The van der Waals surface area contributed by atoms with Crippen LogP contribution in [0, 0.1) is 0 Å². The van der Waals surface area contributed by atoms with E-state index in [0.717, 1.165) is 5.56 Å². The molecule has 27 heavy (non-hydrogen) atoms. The van der Waals surface area contributed by atoms with Crippen LogP contribution in [-0.4, -0.2) is 23.1 Å². The molecule has 0 atom stereocenters. The maximum absolute atomic E-state index is 11.9. The van der Waals surface area contributed by atoms with Gasteiger partial charge in [-0.15, -0.1) is 0 Å². The van der Waals surface area contributed by atoms with Crippen molar-refractivity contribution in [1.29, 1.82) is 0 Å². The fourth-order valence-electron chi connectivity index (χ4n) is 2.84. The van der Waals surface area contributed by atoms with Crippen LogP contribution < -0.4 is 10.1 Å². The first-order valence-corrected chi connectivity index (χ1v) is 8.65. The summed E-state index contributed by atoms with van der Waals surface area (Å²) in [7, 11) is 0. The number of hydrogen-bond donors (Lipinski definition) is 2. The highest BCUT2D eigenvalue weighted by molar-refractivity contribution is 6.08. The van der Waals surface area contributed by atoms with Gasteiger partial charge in [0.25, 0.3) is 0 Å². The van der Waals surface area contributed by atoms with Crippen LogP contribution in [0.25, 0.3) is 22.3 Å². The second kappa shape index (κ2) is 7.53. The zero-order valence-corrected chi connectivity index (χ0v) is 15.4. The Hall–Kier alpha value is -3.28. The second-order valence-electron chi connectivity index (χ2n) is 6.54. The van der Waals surface area contributed by atoms with E-state index in [9.17, 15) is 14.7 Å². The zero-order chi connectivity index (χ0) is 19.6. The van der Waals surface area contributed by atoms with E-state index in [-0.39, 0.29) is 17.6 Å². The molecular weight excluding hydrogens is 346 g/mol. The van der Waals surface area contributed by atoms with E-state index < -0.39 is 5.97 Å². The number of carboxylic acids is 1. The third-order valence-electron chi connectivity index (χ3n) is 4.00. The first-order chi connectivity index (χ1) is 12.8. The zero-order valence-electron chi connectivity index (χ0n) is 15.4. The monoisotopic (exact) mass is 367 g/mol. The molecule has 2 aromatic carbocycles. The molecule has 1 aromatic heterocycles. The van der Waals surface area contributed by atoms with Crippen LogP contribution in [0.15, 0.2) is 46.9 Å². The number of furan rings is 1. The quantitative estimate of drug-likeness (QED) is 0.681. The maximum atomic E-state index is 11.9. The van der Waals surface area contributed by atoms with Gasteiger partial charge in [0.05, 0.1) is 6.10 Å². The van der Waals surface area contributed by atoms with Gasteiger partial charge in [-0.05, 0) is 37.6 Å². The average Bonchev–Trinajstić information content (AvgIpc) is 2.98. The minimum absolute atomic E-state index is 0.0155. The van der Waals surface area contributed by atoms with Gasteiger partial charge in [0.1, 0.15) is 22.7 Å². The third kappa shape index (κ3) is 4.11. The maximum Gasteiger partial charge on any atom is 0.340 e. The molecule has 3 aromatic rings. The predicted octanol–water partition coefficient (Wildman–Crippen LogP) is 4.22. The predicted molar refractivity (Wildman–Crippen MR) is 102 cm³/mol. The van der Waals surface area contributed by atoms with Crippen molar-refractivity contribution in [3.05, 3.63) is 53.6 Å². The Morgan fingerprint density at radius 3 is 2.44 bits per heavy atom. The topological polar surface area (TPSA) is 88.8 Å². The molecule has 0 radical (unpaired) electrons. The summed E-state index contributed by atoms with van der Waals surface area (Å²) in [6.07, 6.45) is -0.0155. The minimum Gasteiger partial charge on any atom is -0.491 e. The molecule has 0 aliphatic rings. The van der Waals surface area contributed by atoms with E-state index in [2.05, 4.69) is 5.32 Å². The van der Waals surface area contributed by atoms with Gasteiger partial charge in [-0.1, -0.05) is 24.3 Å². The van der Waals surface area contributed by atoms with E-state index in [1.54, 1.807) is 30.3 Å². The Kier molecular flexibility index (Phi) is 5.16. The van der Waals surface area contributed by atoms with Gasteiger partial charge in [-0.25, -0.2) is 4.79 Å². The van der Waals surface area contributed by atoms with E-state index in [0.29, 0.717) is 34.6 Å². The Labute approximate surface area is 156 Å². The Balaban J connectivity index is 2.01. The molecule has 0 aliphatic carbocycles. The molecule has 0 bridgehead atoms. The van der Waals surface area contributed by atoms with Crippen LogP contribution in [0.3, 0.4) is 0 Å². The van der Waals surface area contributed by atoms with Gasteiger partial charge in [-0.2, -0.15) is 0 Å². The van der Waals surface area contributed by atoms with E-state index in [1.807, 2.05) is 26.0 Å². The number of hydrogen-bond acceptors (Lipinski definition) is 4. The molecule has 0 saturated carbocycles. The molecule has 0 saturated heterocycles. The molecule has 0 unspecified atom stereocenters. The Morgan fingerprint density at radius 1 is 1.15 bits per heavy atom. The smallest absolute Gasteiger partial charge is 0.340 e. The number of carbonyl (C=O) groups excluding carboxylic acids is 1. The van der Waals surface area contributed by atoms with Gasteiger partial charge < -0.3 is 19.6 Å². The first-order valence-electron chi connectivity index (χ1n) is 8.65. The van der Waals surface area contributed by atoms with Gasteiger partial charge in [0, 0.05) is 24.4 Å². The summed E-state index contributed by atoms with van der Waals surface area (Å²) in [4.78, 5) is 22.9. The lowest BCUT2D eigenvalue weighted by atomic mass is 10.0. The number of aromatic carboxylic acids is 1. The normalized spacial score (nSPS) is 11.0. The lowest BCUT2D eigenvalue weighted by molar-refractivity contribution is -0.119. The third-order valence-corrected chi connectivity index (χ3v) is 4.00. The number of fused-ring (bicyclic) bond motifs is 1. The van der Waals surface area contributed by atoms with Crippen LogP contribution in [0.1, 0.15) is 36.7 Å². The molecule has 0 aliphatic heterocycles. The van der Waals surface area contributed by atoms with Crippen molar-refractivity contribution in [2.45, 2.75) is 33.4 Å². The molecule has 3 rings (SSSR count). The van der Waals surface area contributed by atoms with Crippen molar-refractivity contribution in [2.75, 3.05) is 0 Å². The van der Waals surface area contributed by atoms with Crippen LogP contribution in [-0.2, 0) is 11.3 Å². The molecule has 1 heterocycles. The summed E-state index contributed by atoms with van der Waals surface area (Å²) in [6.45, 7) is 5.69. The van der Waals surface area contributed by atoms with E-state index >= 15 is 0 Å². The second-order valence-corrected chi connectivity index (χ2v) is 6.54. The number of carbonyl (C=O) groups is 2. The highest BCUT2D eigenvalue weighted by atomic mass is 16.5. The van der Waals surface area contributed by atoms with Gasteiger partial charge in [-0.3, -0.25) is 4.79 Å². The van der Waals surface area contributed by atoms with Crippen molar-refractivity contribution in [2.24, 2.45) is 0 Å². The number of ether oxygens (including phenoxy) is 1. The number of carboxylic acid groups (broad SMARTS) is 1. The van der Waals surface area contributed by atoms with Gasteiger partial charge >= 0.3 is 5.97 Å². The summed E-state index contributed by atoms with van der Waals surface area (Å²) in [5, 5.41) is 13.0. The summed E-state index contributed by atoms with van der Waals surface area (Å²) >= 11 is 0. The molecule has 0 spiro atoms. The molecule has 2 N–H and O–H groups in total. The van der Waals surface area contributed by atoms with Crippen molar-refractivity contribution in [1.82, 2.24) is 5.32 Å². The van der Waals surface area contributed by atoms with Gasteiger partial charge in [0.15, 0.2) is 0 Å². The van der Waals surface area contributed by atoms with E-state index in [1.165, 1.54) is 6.92 Å². The van der Waals surface area contributed by atoms with Gasteiger partial charge in [0.2, 0.25) is 5.91 Å². The van der Waals surface area contributed by atoms with Crippen LogP contribution in [0.2, 0.25) is 0 Å².